The van der Waals surface area contributed by atoms with Gasteiger partial charge >= 0.3 is 0 Å². The predicted molar refractivity (Wildman–Crippen MR) is 82.9 cm³/mol. The van der Waals surface area contributed by atoms with E-state index >= 15 is 0 Å². The first-order valence-electron chi connectivity index (χ1n) is 7.64. The molecule has 1 aromatic carbocycles. The van der Waals surface area contributed by atoms with Crippen LogP contribution in [0.3, 0.4) is 0 Å². The average molecular weight is 272 g/mol. The normalized spacial score (nSPS) is 18.2. The lowest BCUT2D eigenvalue weighted by Crippen LogP contribution is -2.35. The van der Waals surface area contributed by atoms with Crippen molar-refractivity contribution in [3.63, 3.8) is 0 Å². The zero-order valence-electron chi connectivity index (χ0n) is 12.4. The quantitative estimate of drug-likeness (QED) is 0.900. The van der Waals surface area contributed by atoms with Crippen LogP contribution in [-0.2, 0) is 6.54 Å². The van der Waals surface area contributed by atoms with E-state index in [0.717, 1.165) is 32.5 Å². The molecule has 2 aromatic rings. The first kappa shape index (κ1) is 13.7. The number of benzene rings is 1. The zero-order chi connectivity index (χ0) is 14.1. The van der Waals surface area contributed by atoms with Crippen LogP contribution in [0.15, 0.2) is 24.3 Å². The topological polar surface area (TPSA) is 39.3 Å². The monoisotopic (exact) mass is 272 g/mol. The molecule has 2 N–H and O–H groups in total. The minimum absolute atomic E-state index is 0.0907. The number of aliphatic hydroxyl groups is 1. The van der Waals surface area contributed by atoms with Crippen molar-refractivity contribution in [2.45, 2.75) is 45.3 Å². The maximum Gasteiger partial charge on any atom is 0.0564 e. The van der Waals surface area contributed by atoms with Gasteiger partial charge in [0.15, 0.2) is 0 Å². The molecule has 2 heterocycles. The molecule has 0 unspecified atom stereocenters. The maximum absolute atomic E-state index is 9.56. The lowest BCUT2D eigenvalue weighted by Gasteiger charge is -2.29. The van der Waals surface area contributed by atoms with Crippen LogP contribution in [0.5, 0.6) is 0 Å². The highest BCUT2D eigenvalue weighted by Gasteiger charge is 2.17. The van der Waals surface area contributed by atoms with E-state index in [0.29, 0.717) is 5.92 Å². The van der Waals surface area contributed by atoms with Gasteiger partial charge in [0.05, 0.1) is 6.10 Å². The molecule has 1 saturated heterocycles. The van der Waals surface area contributed by atoms with E-state index in [1.54, 1.807) is 0 Å². The van der Waals surface area contributed by atoms with Crippen molar-refractivity contribution in [1.82, 2.24) is 9.88 Å². The van der Waals surface area contributed by atoms with Gasteiger partial charge in [0, 0.05) is 30.8 Å². The Morgan fingerprint density at radius 1 is 1.25 bits per heavy atom. The Bertz CT molecular complexity index is 580. The summed E-state index contributed by atoms with van der Waals surface area (Å²) < 4.78 is 0. The van der Waals surface area contributed by atoms with Crippen LogP contribution in [0.2, 0.25) is 0 Å². The predicted octanol–water partition coefficient (Wildman–Crippen LogP) is 3.25. The molecular weight excluding hydrogens is 248 g/mol. The first-order chi connectivity index (χ1) is 9.61. The summed E-state index contributed by atoms with van der Waals surface area (Å²) in [7, 11) is 0. The third-order valence-electron chi connectivity index (χ3n) is 4.29. The third kappa shape index (κ3) is 2.89. The van der Waals surface area contributed by atoms with Gasteiger partial charge in [0.1, 0.15) is 0 Å². The second kappa shape index (κ2) is 5.58. The number of likely N-dealkylation sites (tertiary alicyclic amines) is 1. The third-order valence-corrected chi connectivity index (χ3v) is 4.29. The summed E-state index contributed by atoms with van der Waals surface area (Å²) in [5, 5.41) is 10.9. The number of hydrogen-bond donors (Lipinski definition) is 2. The van der Waals surface area contributed by atoms with Gasteiger partial charge in [0.2, 0.25) is 0 Å². The number of nitrogens with one attached hydrogen (secondary N) is 1. The van der Waals surface area contributed by atoms with Gasteiger partial charge in [-0.05, 0) is 47.9 Å². The van der Waals surface area contributed by atoms with Gasteiger partial charge in [-0.2, -0.15) is 0 Å². The Kier molecular flexibility index (Phi) is 3.81. The van der Waals surface area contributed by atoms with E-state index in [4.69, 9.17) is 0 Å². The molecule has 0 spiro atoms. The molecule has 1 fully saturated rings. The Morgan fingerprint density at radius 3 is 2.70 bits per heavy atom. The Morgan fingerprint density at radius 2 is 2.00 bits per heavy atom. The number of H-pyrrole nitrogens is 1. The van der Waals surface area contributed by atoms with Crippen LogP contribution in [0.4, 0.5) is 0 Å². The molecule has 1 aliphatic heterocycles. The Hall–Kier alpha value is -1.32. The van der Waals surface area contributed by atoms with Crippen molar-refractivity contribution >= 4 is 10.9 Å². The highest BCUT2D eigenvalue weighted by molar-refractivity contribution is 5.81. The second-order valence-corrected chi connectivity index (χ2v) is 6.31. The molecule has 0 aliphatic carbocycles. The van der Waals surface area contributed by atoms with Crippen molar-refractivity contribution in [2.24, 2.45) is 0 Å². The summed E-state index contributed by atoms with van der Waals surface area (Å²) in [4.78, 5) is 5.92. The lowest BCUT2D eigenvalue weighted by atomic mass is 10.1. The SMILES string of the molecule is CC(C)c1cc2cc(CN3CCC(O)CC3)ccc2[nH]1. The molecule has 0 radical (unpaired) electrons. The minimum atomic E-state index is -0.0907. The summed E-state index contributed by atoms with van der Waals surface area (Å²) in [5.41, 5.74) is 3.90. The number of fused-ring (bicyclic) bond motifs is 1. The van der Waals surface area contributed by atoms with Crippen molar-refractivity contribution < 1.29 is 5.11 Å². The Labute approximate surface area is 120 Å². The van der Waals surface area contributed by atoms with E-state index in [-0.39, 0.29) is 6.10 Å². The molecule has 1 aromatic heterocycles. The number of aromatic amines is 1. The smallest absolute Gasteiger partial charge is 0.0564 e. The van der Waals surface area contributed by atoms with Gasteiger partial charge in [-0.25, -0.2) is 0 Å². The van der Waals surface area contributed by atoms with Crippen LogP contribution >= 0.6 is 0 Å². The number of hydrogen-bond acceptors (Lipinski definition) is 2. The van der Waals surface area contributed by atoms with Crippen LogP contribution in [0.25, 0.3) is 10.9 Å². The lowest BCUT2D eigenvalue weighted by molar-refractivity contribution is 0.0792. The van der Waals surface area contributed by atoms with E-state index in [1.807, 2.05) is 0 Å². The molecule has 1 aliphatic rings. The van der Waals surface area contributed by atoms with Gasteiger partial charge in [-0.3, -0.25) is 4.90 Å². The van der Waals surface area contributed by atoms with Crippen molar-refractivity contribution in [3.8, 4) is 0 Å². The van der Waals surface area contributed by atoms with Crippen LogP contribution in [0, 0.1) is 0 Å². The number of nitrogens with zero attached hydrogens (tertiary/aromatic N) is 1. The van der Waals surface area contributed by atoms with Crippen molar-refractivity contribution in [3.05, 3.63) is 35.5 Å². The van der Waals surface area contributed by atoms with Crippen molar-refractivity contribution in [2.75, 3.05) is 13.1 Å². The number of rotatable bonds is 3. The maximum atomic E-state index is 9.56. The fraction of sp³-hybridized carbons (Fsp3) is 0.529. The van der Waals surface area contributed by atoms with E-state index in [2.05, 4.69) is 48.0 Å². The summed E-state index contributed by atoms with van der Waals surface area (Å²) in [5.74, 6) is 0.537. The standard InChI is InChI=1S/C17H24N2O/c1-12(2)17-10-14-9-13(3-4-16(14)18-17)11-19-7-5-15(20)6-8-19/h3-4,9-10,12,15,18,20H,5-8,11H2,1-2H3. The molecule has 20 heavy (non-hydrogen) atoms. The van der Waals surface area contributed by atoms with E-state index < -0.39 is 0 Å². The number of piperidine rings is 1. The number of aliphatic hydroxyl groups excluding tert-OH is 1. The van der Waals surface area contributed by atoms with Gasteiger partial charge in [0.25, 0.3) is 0 Å². The number of aromatic nitrogens is 1. The molecule has 3 rings (SSSR count). The minimum Gasteiger partial charge on any atom is -0.393 e. The second-order valence-electron chi connectivity index (χ2n) is 6.31. The average Bonchev–Trinajstić information content (AvgIpc) is 2.85. The largest absolute Gasteiger partial charge is 0.393 e. The molecular formula is C17H24N2O. The van der Waals surface area contributed by atoms with E-state index in [1.165, 1.54) is 22.2 Å². The summed E-state index contributed by atoms with van der Waals surface area (Å²) in [6.07, 6.45) is 1.72. The van der Waals surface area contributed by atoms with Crippen LogP contribution in [0.1, 0.15) is 43.9 Å². The summed E-state index contributed by atoms with van der Waals surface area (Å²) in [6.45, 7) is 7.42. The molecule has 3 heteroatoms. The molecule has 0 amide bonds. The molecule has 3 nitrogen and oxygen atoms in total. The fourth-order valence-corrected chi connectivity index (χ4v) is 2.95. The zero-order valence-corrected chi connectivity index (χ0v) is 12.4. The highest BCUT2D eigenvalue weighted by atomic mass is 16.3. The van der Waals surface area contributed by atoms with Crippen molar-refractivity contribution in [1.29, 1.82) is 0 Å². The summed E-state index contributed by atoms with van der Waals surface area (Å²) >= 11 is 0. The fourth-order valence-electron chi connectivity index (χ4n) is 2.95. The van der Waals surface area contributed by atoms with Gasteiger partial charge in [-0.15, -0.1) is 0 Å². The van der Waals surface area contributed by atoms with E-state index in [9.17, 15) is 5.11 Å². The molecule has 108 valence electrons. The van der Waals surface area contributed by atoms with Crippen LogP contribution < -0.4 is 0 Å². The van der Waals surface area contributed by atoms with Gasteiger partial charge < -0.3 is 10.1 Å². The molecule has 0 bridgehead atoms. The van der Waals surface area contributed by atoms with Crippen LogP contribution in [-0.4, -0.2) is 34.2 Å². The molecule has 0 atom stereocenters. The Balaban J connectivity index is 1.75. The summed E-state index contributed by atoms with van der Waals surface area (Å²) in [6, 6.07) is 8.97. The van der Waals surface area contributed by atoms with Gasteiger partial charge in [-0.1, -0.05) is 19.9 Å². The first-order valence-corrected chi connectivity index (χ1v) is 7.64. The highest BCUT2D eigenvalue weighted by Crippen LogP contribution is 2.23. The molecule has 0 saturated carbocycles.